The quantitative estimate of drug-likeness (QED) is 0.670. The third-order valence-corrected chi connectivity index (χ3v) is 3.85. The van der Waals surface area contributed by atoms with Gasteiger partial charge in [-0.2, -0.15) is 0 Å². The smallest absolute Gasteiger partial charge is 0.274 e. The third kappa shape index (κ3) is 5.41. The Morgan fingerprint density at radius 1 is 1.17 bits per heavy atom. The zero-order chi connectivity index (χ0) is 16.7. The second kappa shape index (κ2) is 8.75. The molecular formula is C17H19Cl2N3O. The van der Waals surface area contributed by atoms with Crippen LogP contribution in [0.5, 0.6) is 0 Å². The molecule has 2 rings (SSSR count). The minimum absolute atomic E-state index is 0.320. The molecule has 4 nitrogen and oxygen atoms in total. The van der Waals surface area contributed by atoms with E-state index in [-0.39, 0.29) is 5.91 Å². The number of pyridine rings is 1. The van der Waals surface area contributed by atoms with E-state index in [1.807, 2.05) is 6.07 Å². The summed E-state index contributed by atoms with van der Waals surface area (Å²) in [6.07, 6.45) is 5.15. The number of nitrogens with one attached hydrogen (secondary N) is 2. The number of anilines is 2. The molecule has 0 aliphatic rings. The fourth-order valence-corrected chi connectivity index (χ4v) is 2.36. The summed E-state index contributed by atoms with van der Waals surface area (Å²) in [4.78, 5) is 16.4. The molecule has 2 N–H and O–H groups in total. The molecule has 0 saturated heterocycles. The fraction of sp³-hybridized carbons (Fsp3) is 0.294. The van der Waals surface area contributed by atoms with Gasteiger partial charge in [0.15, 0.2) is 0 Å². The number of carbonyl (C=O) groups is 1. The molecule has 0 unspecified atom stereocenters. The number of carbonyl (C=O) groups excluding carboxylic acids is 1. The van der Waals surface area contributed by atoms with Crippen LogP contribution in [0.2, 0.25) is 10.0 Å². The lowest BCUT2D eigenvalue weighted by Crippen LogP contribution is -2.14. The number of hydrogen-bond acceptors (Lipinski definition) is 3. The molecule has 0 bridgehead atoms. The lowest BCUT2D eigenvalue weighted by atomic mass is 10.2. The Hall–Kier alpha value is -1.78. The van der Waals surface area contributed by atoms with Crippen LogP contribution in [0.4, 0.5) is 11.4 Å². The van der Waals surface area contributed by atoms with Crippen molar-refractivity contribution in [2.24, 2.45) is 0 Å². The van der Waals surface area contributed by atoms with Gasteiger partial charge in [-0.3, -0.25) is 4.79 Å². The maximum Gasteiger partial charge on any atom is 0.274 e. The molecule has 0 aliphatic heterocycles. The van der Waals surface area contributed by atoms with E-state index in [1.54, 1.807) is 30.5 Å². The third-order valence-electron chi connectivity index (χ3n) is 3.28. The maximum absolute atomic E-state index is 12.2. The van der Waals surface area contributed by atoms with Gasteiger partial charge in [0.25, 0.3) is 5.91 Å². The van der Waals surface area contributed by atoms with Gasteiger partial charge in [-0.25, -0.2) is 4.98 Å². The van der Waals surface area contributed by atoms with Gasteiger partial charge < -0.3 is 10.6 Å². The normalized spacial score (nSPS) is 10.4. The van der Waals surface area contributed by atoms with Crippen LogP contribution in [0.3, 0.4) is 0 Å². The molecule has 0 spiro atoms. The van der Waals surface area contributed by atoms with Gasteiger partial charge in [0.05, 0.1) is 22.6 Å². The van der Waals surface area contributed by atoms with Crippen LogP contribution >= 0.6 is 23.2 Å². The highest BCUT2D eigenvalue weighted by atomic mass is 35.5. The Kier molecular flexibility index (Phi) is 6.68. The van der Waals surface area contributed by atoms with Crippen molar-refractivity contribution < 1.29 is 4.79 Å². The number of halogens is 2. The Labute approximate surface area is 146 Å². The second-order valence-corrected chi connectivity index (χ2v) is 5.99. The molecular weight excluding hydrogens is 333 g/mol. The summed E-state index contributed by atoms with van der Waals surface area (Å²) in [6, 6.07) is 8.42. The van der Waals surface area contributed by atoms with Gasteiger partial charge in [-0.05, 0) is 36.8 Å². The van der Waals surface area contributed by atoms with E-state index in [2.05, 4.69) is 22.5 Å². The maximum atomic E-state index is 12.2. The number of hydrogen-bond donors (Lipinski definition) is 2. The van der Waals surface area contributed by atoms with Crippen LogP contribution in [-0.4, -0.2) is 17.4 Å². The highest BCUT2D eigenvalue weighted by Gasteiger charge is 2.10. The predicted octanol–water partition coefficient (Wildman–Crippen LogP) is 5.24. The first-order valence-electron chi connectivity index (χ1n) is 7.56. The first kappa shape index (κ1) is 17.6. The molecule has 0 aliphatic carbocycles. The number of amides is 1. The van der Waals surface area contributed by atoms with Crippen molar-refractivity contribution in [2.45, 2.75) is 26.2 Å². The van der Waals surface area contributed by atoms with Crippen molar-refractivity contribution in [1.82, 2.24) is 4.98 Å². The number of benzene rings is 1. The van der Waals surface area contributed by atoms with E-state index in [9.17, 15) is 4.79 Å². The topological polar surface area (TPSA) is 54.0 Å². The summed E-state index contributed by atoms with van der Waals surface area (Å²) in [5.41, 5.74) is 1.69. The van der Waals surface area contributed by atoms with Crippen molar-refractivity contribution >= 4 is 40.5 Å². The van der Waals surface area contributed by atoms with Gasteiger partial charge in [0.1, 0.15) is 5.69 Å². The fourth-order valence-electron chi connectivity index (χ4n) is 2.02. The Bertz CT molecular complexity index is 659. The van der Waals surface area contributed by atoms with Crippen molar-refractivity contribution in [3.63, 3.8) is 0 Å². The van der Waals surface area contributed by atoms with Gasteiger partial charge in [0.2, 0.25) is 0 Å². The molecule has 1 heterocycles. The predicted molar refractivity (Wildman–Crippen MR) is 96.7 cm³/mol. The summed E-state index contributed by atoms with van der Waals surface area (Å²) in [7, 11) is 0. The number of aromatic nitrogens is 1. The molecule has 6 heteroatoms. The largest absolute Gasteiger partial charge is 0.384 e. The van der Waals surface area contributed by atoms with E-state index in [0.717, 1.165) is 18.7 Å². The number of rotatable bonds is 7. The van der Waals surface area contributed by atoms with Crippen molar-refractivity contribution in [1.29, 1.82) is 0 Å². The van der Waals surface area contributed by atoms with E-state index in [1.165, 1.54) is 12.8 Å². The van der Waals surface area contributed by atoms with E-state index < -0.39 is 0 Å². The lowest BCUT2D eigenvalue weighted by molar-refractivity contribution is 0.102. The summed E-state index contributed by atoms with van der Waals surface area (Å²) >= 11 is 11.9. The van der Waals surface area contributed by atoms with Crippen molar-refractivity contribution in [2.75, 3.05) is 17.2 Å². The molecule has 1 aromatic carbocycles. The van der Waals surface area contributed by atoms with Crippen LogP contribution in [0, 0.1) is 0 Å². The molecule has 23 heavy (non-hydrogen) atoms. The standard InChI is InChI=1S/C17H19Cl2N3O/c1-2-3-4-9-20-13-6-8-15(21-11-13)17(23)22-16-10-12(18)5-7-14(16)19/h5-8,10-11,20H,2-4,9H2,1H3,(H,22,23). The zero-order valence-corrected chi connectivity index (χ0v) is 14.4. The van der Waals surface area contributed by atoms with E-state index in [4.69, 9.17) is 23.2 Å². The van der Waals surface area contributed by atoms with Gasteiger partial charge in [0, 0.05) is 11.6 Å². The first-order chi connectivity index (χ1) is 11.1. The lowest BCUT2D eigenvalue weighted by Gasteiger charge is -2.08. The van der Waals surface area contributed by atoms with Crippen molar-refractivity contribution in [3.05, 3.63) is 52.3 Å². The molecule has 2 aromatic rings. The molecule has 0 saturated carbocycles. The Morgan fingerprint density at radius 3 is 2.70 bits per heavy atom. The number of nitrogens with zero attached hydrogens (tertiary/aromatic N) is 1. The summed E-state index contributed by atoms with van der Waals surface area (Å²) in [6.45, 7) is 3.07. The number of unbranched alkanes of at least 4 members (excludes halogenated alkanes) is 2. The average molecular weight is 352 g/mol. The Morgan fingerprint density at radius 2 is 2.00 bits per heavy atom. The van der Waals surface area contributed by atoms with Gasteiger partial charge in [-0.15, -0.1) is 0 Å². The molecule has 122 valence electrons. The second-order valence-electron chi connectivity index (χ2n) is 5.14. The van der Waals surface area contributed by atoms with E-state index in [0.29, 0.717) is 21.4 Å². The van der Waals surface area contributed by atoms with Crippen LogP contribution in [-0.2, 0) is 0 Å². The molecule has 1 aromatic heterocycles. The van der Waals surface area contributed by atoms with E-state index >= 15 is 0 Å². The van der Waals surface area contributed by atoms with Crippen LogP contribution in [0.25, 0.3) is 0 Å². The highest BCUT2D eigenvalue weighted by Crippen LogP contribution is 2.25. The van der Waals surface area contributed by atoms with Crippen molar-refractivity contribution in [3.8, 4) is 0 Å². The molecule has 0 radical (unpaired) electrons. The van der Waals surface area contributed by atoms with Gasteiger partial charge >= 0.3 is 0 Å². The Balaban J connectivity index is 1.96. The highest BCUT2D eigenvalue weighted by molar-refractivity contribution is 6.35. The SMILES string of the molecule is CCCCCNc1ccc(C(=O)Nc2cc(Cl)ccc2Cl)nc1. The summed E-state index contributed by atoms with van der Waals surface area (Å²) in [5.74, 6) is -0.327. The summed E-state index contributed by atoms with van der Waals surface area (Å²) < 4.78 is 0. The first-order valence-corrected chi connectivity index (χ1v) is 8.32. The zero-order valence-electron chi connectivity index (χ0n) is 12.9. The van der Waals surface area contributed by atoms with Crippen LogP contribution < -0.4 is 10.6 Å². The molecule has 0 fully saturated rings. The average Bonchev–Trinajstić information content (AvgIpc) is 2.55. The van der Waals surface area contributed by atoms with Crippen LogP contribution in [0.1, 0.15) is 36.7 Å². The monoisotopic (exact) mass is 351 g/mol. The van der Waals surface area contributed by atoms with Gasteiger partial charge in [-0.1, -0.05) is 43.0 Å². The molecule has 0 atom stereocenters. The molecule has 1 amide bonds. The summed E-state index contributed by atoms with van der Waals surface area (Å²) in [5, 5.41) is 6.92. The minimum atomic E-state index is -0.327. The van der Waals surface area contributed by atoms with Crippen LogP contribution in [0.15, 0.2) is 36.5 Å². The minimum Gasteiger partial charge on any atom is -0.384 e.